The normalized spacial score (nSPS) is 11.7. The molecule has 0 aliphatic rings. The maximum absolute atomic E-state index is 13.1. The summed E-state index contributed by atoms with van der Waals surface area (Å²) in [6.07, 6.45) is 0. The van der Waals surface area contributed by atoms with Crippen LogP contribution in [0.2, 0.25) is 0 Å². The van der Waals surface area contributed by atoms with Crippen molar-refractivity contribution in [2.75, 3.05) is 0 Å². The summed E-state index contributed by atoms with van der Waals surface area (Å²) in [5, 5.41) is 3.10. The molecule has 0 unspecified atom stereocenters. The lowest BCUT2D eigenvalue weighted by atomic mass is 9.76. The van der Waals surface area contributed by atoms with E-state index in [2.05, 4.69) is 5.32 Å². The van der Waals surface area contributed by atoms with Gasteiger partial charge in [0.05, 0.1) is 0 Å². The van der Waals surface area contributed by atoms with E-state index in [-0.39, 0.29) is 0 Å². The van der Waals surface area contributed by atoms with Gasteiger partial charge >= 0.3 is 0 Å². The highest BCUT2D eigenvalue weighted by atomic mass is 16.2. The van der Waals surface area contributed by atoms with Crippen molar-refractivity contribution in [2.24, 2.45) is 5.41 Å². The minimum absolute atomic E-state index is 0.445. The van der Waals surface area contributed by atoms with Crippen molar-refractivity contribution >= 4 is 11.7 Å². The molecule has 3 nitrogen and oxygen atoms in total. The number of benzene rings is 3. The zero-order chi connectivity index (χ0) is 20.2. The van der Waals surface area contributed by atoms with Gasteiger partial charge in [-0.15, -0.1) is 0 Å². The Morgan fingerprint density at radius 1 is 0.607 bits per heavy atom. The molecule has 0 aliphatic carbocycles. The molecule has 142 valence electrons. The number of amides is 1. The molecule has 0 bridgehead atoms. The molecule has 0 spiro atoms. The Hall–Kier alpha value is -3.20. The Morgan fingerprint density at radius 2 is 0.929 bits per heavy atom. The number of hydrogen-bond acceptors (Lipinski definition) is 2. The fraction of sp³-hybridized carbons (Fsp3) is 0.200. The summed E-state index contributed by atoms with van der Waals surface area (Å²) in [5.41, 5.74) is 0.939. The van der Waals surface area contributed by atoms with Crippen LogP contribution >= 0.6 is 0 Å². The molecule has 3 heteroatoms. The average molecular weight is 371 g/mol. The van der Waals surface area contributed by atoms with Gasteiger partial charge in [0, 0.05) is 5.41 Å². The second-order valence-corrected chi connectivity index (χ2v) is 7.88. The van der Waals surface area contributed by atoms with Crippen LogP contribution in [0.25, 0.3) is 0 Å². The highest BCUT2D eigenvalue weighted by Crippen LogP contribution is 2.37. The number of ketones is 1. The Morgan fingerprint density at radius 3 is 1.21 bits per heavy atom. The summed E-state index contributed by atoms with van der Waals surface area (Å²) < 4.78 is 0. The lowest BCUT2D eigenvalue weighted by Crippen LogP contribution is -2.52. The van der Waals surface area contributed by atoms with Gasteiger partial charge in [0.1, 0.15) is 5.54 Å². The summed E-state index contributed by atoms with van der Waals surface area (Å²) in [6.45, 7) is 5.26. The zero-order valence-corrected chi connectivity index (χ0v) is 16.5. The van der Waals surface area contributed by atoms with Crippen LogP contribution in [-0.2, 0) is 15.1 Å². The summed E-state index contributed by atoms with van der Waals surface area (Å²) >= 11 is 0. The molecule has 1 amide bonds. The third-order valence-electron chi connectivity index (χ3n) is 4.81. The quantitative estimate of drug-likeness (QED) is 0.521. The van der Waals surface area contributed by atoms with Crippen molar-refractivity contribution < 1.29 is 9.59 Å². The third-order valence-corrected chi connectivity index (χ3v) is 4.81. The fourth-order valence-electron chi connectivity index (χ4n) is 3.35. The van der Waals surface area contributed by atoms with Crippen LogP contribution in [0, 0.1) is 5.41 Å². The molecular weight excluding hydrogens is 346 g/mol. The Bertz CT molecular complexity index is 845. The lowest BCUT2D eigenvalue weighted by Gasteiger charge is -2.37. The molecular formula is C25H25NO2. The number of Topliss-reactive ketones (excluding diaryl/α,β-unsaturated/α-hetero) is 1. The highest BCUT2D eigenvalue weighted by molar-refractivity contribution is 6.38. The van der Waals surface area contributed by atoms with Gasteiger partial charge in [-0.1, -0.05) is 112 Å². The average Bonchev–Trinajstić information content (AvgIpc) is 2.72. The first-order chi connectivity index (χ1) is 13.4. The standard InChI is InChI=1S/C25H25NO2/c1-24(2,3)22(27)23(28)26-25(19-13-7-4-8-14-19,20-15-9-5-10-16-20)21-17-11-6-12-18-21/h4-18H,1-3H3,(H,26,28). The minimum atomic E-state index is -0.970. The first-order valence-electron chi connectivity index (χ1n) is 9.39. The third kappa shape index (κ3) is 3.74. The van der Waals surface area contributed by atoms with Gasteiger partial charge in [-0.25, -0.2) is 0 Å². The van der Waals surface area contributed by atoms with Gasteiger partial charge < -0.3 is 5.32 Å². The van der Waals surface area contributed by atoms with E-state index in [1.807, 2.05) is 91.0 Å². The van der Waals surface area contributed by atoms with Crippen molar-refractivity contribution in [3.05, 3.63) is 108 Å². The van der Waals surface area contributed by atoms with Crippen molar-refractivity contribution in [1.29, 1.82) is 0 Å². The topological polar surface area (TPSA) is 46.2 Å². The van der Waals surface area contributed by atoms with Gasteiger partial charge in [-0.05, 0) is 16.7 Å². The maximum Gasteiger partial charge on any atom is 0.289 e. The van der Waals surface area contributed by atoms with Crippen molar-refractivity contribution in [2.45, 2.75) is 26.3 Å². The van der Waals surface area contributed by atoms with Crippen LogP contribution in [0.5, 0.6) is 0 Å². The summed E-state index contributed by atoms with van der Waals surface area (Å²) in [6, 6.07) is 29.3. The van der Waals surface area contributed by atoms with Crippen LogP contribution in [0.4, 0.5) is 0 Å². The predicted molar refractivity (Wildman–Crippen MR) is 112 cm³/mol. The second-order valence-electron chi connectivity index (χ2n) is 7.88. The first kappa shape index (κ1) is 19.6. The number of rotatable bonds is 5. The van der Waals surface area contributed by atoms with Gasteiger partial charge in [0.15, 0.2) is 0 Å². The molecule has 1 N–H and O–H groups in total. The smallest absolute Gasteiger partial charge is 0.289 e. The van der Waals surface area contributed by atoms with E-state index < -0.39 is 22.6 Å². The Kier molecular flexibility index (Phi) is 5.46. The van der Waals surface area contributed by atoms with Crippen LogP contribution < -0.4 is 5.32 Å². The predicted octanol–water partition coefficient (Wildman–Crippen LogP) is 4.71. The molecule has 0 atom stereocenters. The van der Waals surface area contributed by atoms with Crippen LogP contribution in [0.15, 0.2) is 91.0 Å². The van der Waals surface area contributed by atoms with Crippen LogP contribution in [-0.4, -0.2) is 11.7 Å². The Labute approximate surface area is 166 Å². The zero-order valence-electron chi connectivity index (χ0n) is 16.5. The van der Waals surface area contributed by atoms with E-state index in [1.54, 1.807) is 20.8 Å². The van der Waals surface area contributed by atoms with Gasteiger partial charge in [0.25, 0.3) is 5.91 Å². The van der Waals surface area contributed by atoms with Crippen molar-refractivity contribution in [3.8, 4) is 0 Å². The van der Waals surface area contributed by atoms with E-state index in [0.717, 1.165) is 16.7 Å². The molecule has 3 rings (SSSR count). The van der Waals surface area contributed by atoms with E-state index in [4.69, 9.17) is 0 Å². The molecule has 3 aromatic rings. The maximum atomic E-state index is 13.1. The van der Waals surface area contributed by atoms with Gasteiger partial charge in [-0.2, -0.15) is 0 Å². The summed E-state index contributed by atoms with van der Waals surface area (Å²) in [7, 11) is 0. The molecule has 0 aliphatic heterocycles. The van der Waals surface area contributed by atoms with E-state index in [9.17, 15) is 9.59 Å². The molecule has 0 radical (unpaired) electrons. The molecule has 0 fully saturated rings. The van der Waals surface area contributed by atoms with Crippen molar-refractivity contribution in [3.63, 3.8) is 0 Å². The summed E-state index contributed by atoms with van der Waals surface area (Å²) in [5.74, 6) is -1.04. The molecule has 0 saturated carbocycles. The van der Waals surface area contributed by atoms with E-state index in [1.165, 1.54) is 0 Å². The number of hydrogen-bond donors (Lipinski definition) is 1. The van der Waals surface area contributed by atoms with E-state index >= 15 is 0 Å². The molecule has 0 heterocycles. The number of carbonyl (C=O) groups is 2. The van der Waals surface area contributed by atoms with Crippen molar-refractivity contribution in [1.82, 2.24) is 5.32 Å². The molecule has 0 saturated heterocycles. The minimum Gasteiger partial charge on any atom is -0.332 e. The van der Waals surface area contributed by atoms with Crippen LogP contribution in [0.1, 0.15) is 37.5 Å². The number of carbonyl (C=O) groups excluding carboxylic acids is 2. The SMILES string of the molecule is CC(C)(C)C(=O)C(=O)NC(c1ccccc1)(c1ccccc1)c1ccccc1. The molecule has 3 aromatic carbocycles. The largest absolute Gasteiger partial charge is 0.332 e. The van der Waals surface area contributed by atoms with Gasteiger partial charge in [-0.3, -0.25) is 9.59 Å². The summed E-state index contributed by atoms with van der Waals surface area (Å²) in [4.78, 5) is 25.8. The monoisotopic (exact) mass is 371 g/mol. The fourth-order valence-corrected chi connectivity index (χ4v) is 3.35. The highest BCUT2D eigenvalue weighted by Gasteiger charge is 2.40. The number of nitrogens with one attached hydrogen (secondary N) is 1. The lowest BCUT2D eigenvalue weighted by molar-refractivity contribution is -0.143. The Balaban J connectivity index is 2.26. The van der Waals surface area contributed by atoms with Gasteiger partial charge in [0.2, 0.25) is 5.78 Å². The second kappa shape index (κ2) is 7.81. The van der Waals surface area contributed by atoms with E-state index in [0.29, 0.717) is 0 Å². The first-order valence-corrected chi connectivity index (χ1v) is 9.39. The molecule has 0 aromatic heterocycles. The van der Waals surface area contributed by atoms with Crippen LogP contribution in [0.3, 0.4) is 0 Å². The molecule has 28 heavy (non-hydrogen) atoms.